The van der Waals surface area contributed by atoms with E-state index in [2.05, 4.69) is 19.2 Å². The molecule has 0 fully saturated rings. The molecule has 0 aliphatic carbocycles. The van der Waals surface area contributed by atoms with Crippen molar-refractivity contribution in [3.05, 3.63) is 0 Å². The van der Waals surface area contributed by atoms with Crippen molar-refractivity contribution >= 4 is 17.7 Å². The molecule has 0 saturated heterocycles. The van der Waals surface area contributed by atoms with Gasteiger partial charge >= 0.3 is 0 Å². The molecule has 90 valence electrons. The van der Waals surface area contributed by atoms with E-state index in [9.17, 15) is 4.79 Å². The maximum absolute atomic E-state index is 11.5. The first kappa shape index (κ1) is 14.8. The molecule has 0 aliphatic heterocycles. The number of thioether (sulfide) groups is 1. The predicted octanol–water partition coefficient (Wildman–Crippen LogP) is 1.62. The van der Waals surface area contributed by atoms with Crippen LogP contribution in [0, 0.1) is 5.92 Å². The van der Waals surface area contributed by atoms with Crippen molar-refractivity contribution in [3.8, 4) is 0 Å². The highest BCUT2D eigenvalue weighted by Gasteiger charge is 2.17. The van der Waals surface area contributed by atoms with Gasteiger partial charge in [0.1, 0.15) is 0 Å². The van der Waals surface area contributed by atoms with Gasteiger partial charge in [0.05, 0.1) is 5.75 Å². The van der Waals surface area contributed by atoms with E-state index in [4.69, 9.17) is 5.73 Å². The zero-order valence-electron chi connectivity index (χ0n) is 10.3. The van der Waals surface area contributed by atoms with Gasteiger partial charge in [0.15, 0.2) is 0 Å². The Morgan fingerprint density at radius 2 is 2.07 bits per heavy atom. The van der Waals surface area contributed by atoms with Gasteiger partial charge in [-0.25, -0.2) is 0 Å². The molecule has 0 aromatic heterocycles. The monoisotopic (exact) mass is 232 g/mol. The summed E-state index contributed by atoms with van der Waals surface area (Å²) in [6.07, 6.45) is 1.16. The lowest BCUT2D eigenvalue weighted by atomic mass is 10.1. The Morgan fingerprint density at radius 1 is 1.47 bits per heavy atom. The molecule has 0 radical (unpaired) electrons. The van der Waals surface area contributed by atoms with Crippen LogP contribution in [0.15, 0.2) is 0 Å². The summed E-state index contributed by atoms with van der Waals surface area (Å²) >= 11 is 1.69. The molecule has 0 spiro atoms. The molecule has 0 rings (SSSR count). The standard InChI is InChI=1S/C11H24N2OS/c1-9(2)5-6-15-7-10(14)13-11(3,4)8-12/h9H,5-8,12H2,1-4H3,(H,13,14). The van der Waals surface area contributed by atoms with Crippen LogP contribution in [0.5, 0.6) is 0 Å². The third-order valence-electron chi connectivity index (χ3n) is 2.06. The topological polar surface area (TPSA) is 55.1 Å². The number of hydrogen-bond donors (Lipinski definition) is 2. The maximum Gasteiger partial charge on any atom is 0.230 e. The molecule has 0 saturated carbocycles. The molecule has 0 unspecified atom stereocenters. The highest BCUT2D eigenvalue weighted by molar-refractivity contribution is 7.99. The Balaban J connectivity index is 3.58. The van der Waals surface area contributed by atoms with Crippen LogP contribution < -0.4 is 11.1 Å². The summed E-state index contributed by atoms with van der Waals surface area (Å²) < 4.78 is 0. The Morgan fingerprint density at radius 3 is 2.53 bits per heavy atom. The van der Waals surface area contributed by atoms with Gasteiger partial charge in [0, 0.05) is 12.1 Å². The molecule has 1 amide bonds. The molecule has 3 nitrogen and oxygen atoms in total. The first-order valence-electron chi connectivity index (χ1n) is 5.46. The normalized spacial score (nSPS) is 11.9. The fraction of sp³-hybridized carbons (Fsp3) is 0.909. The summed E-state index contributed by atoms with van der Waals surface area (Å²) in [6, 6.07) is 0. The zero-order valence-corrected chi connectivity index (χ0v) is 11.1. The first-order chi connectivity index (χ1) is 6.87. The van der Waals surface area contributed by atoms with Crippen molar-refractivity contribution in [2.75, 3.05) is 18.1 Å². The molecule has 0 aromatic rings. The van der Waals surface area contributed by atoms with Crippen molar-refractivity contribution in [2.24, 2.45) is 11.7 Å². The second-order valence-electron chi connectivity index (χ2n) is 4.87. The number of nitrogens with two attached hydrogens (primary N) is 1. The summed E-state index contributed by atoms with van der Waals surface area (Å²) in [5.74, 6) is 2.38. The molecule has 15 heavy (non-hydrogen) atoms. The van der Waals surface area contributed by atoms with E-state index < -0.39 is 0 Å². The van der Waals surface area contributed by atoms with Gasteiger partial charge < -0.3 is 11.1 Å². The van der Waals surface area contributed by atoms with Crippen LogP contribution in [0.1, 0.15) is 34.1 Å². The number of carbonyl (C=O) groups excluding carboxylic acids is 1. The number of rotatable bonds is 7. The first-order valence-corrected chi connectivity index (χ1v) is 6.61. The minimum Gasteiger partial charge on any atom is -0.349 e. The van der Waals surface area contributed by atoms with E-state index in [1.807, 2.05) is 13.8 Å². The quantitative estimate of drug-likeness (QED) is 0.656. The minimum atomic E-state index is -0.282. The fourth-order valence-electron chi connectivity index (χ4n) is 0.948. The van der Waals surface area contributed by atoms with Crippen molar-refractivity contribution < 1.29 is 4.79 Å². The van der Waals surface area contributed by atoms with E-state index in [1.54, 1.807) is 11.8 Å². The lowest BCUT2D eigenvalue weighted by molar-refractivity contribution is -0.120. The average Bonchev–Trinajstić information content (AvgIpc) is 2.11. The molecule has 0 aliphatic rings. The van der Waals surface area contributed by atoms with Crippen molar-refractivity contribution in [3.63, 3.8) is 0 Å². The van der Waals surface area contributed by atoms with Crippen LogP contribution in [0.4, 0.5) is 0 Å². The van der Waals surface area contributed by atoms with Crippen molar-refractivity contribution in [1.29, 1.82) is 0 Å². The molecule has 0 aromatic carbocycles. The minimum absolute atomic E-state index is 0.0826. The van der Waals surface area contributed by atoms with Gasteiger partial charge in [-0.3, -0.25) is 4.79 Å². The third kappa shape index (κ3) is 8.75. The highest BCUT2D eigenvalue weighted by Crippen LogP contribution is 2.09. The van der Waals surface area contributed by atoms with E-state index in [0.717, 1.165) is 12.2 Å². The van der Waals surface area contributed by atoms with Gasteiger partial charge in [0.2, 0.25) is 5.91 Å². The summed E-state index contributed by atoms with van der Waals surface area (Å²) in [6.45, 7) is 8.72. The Hall–Kier alpha value is -0.220. The smallest absolute Gasteiger partial charge is 0.230 e. The van der Waals surface area contributed by atoms with Crippen molar-refractivity contribution in [1.82, 2.24) is 5.32 Å². The Bertz CT molecular complexity index is 193. The van der Waals surface area contributed by atoms with Gasteiger partial charge in [-0.05, 0) is 31.9 Å². The largest absolute Gasteiger partial charge is 0.349 e. The highest BCUT2D eigenvalue weighted by atomic mass is 32.2. The zero-order chi connectivity index (χ0) is 11.9. The molecular weight excluding hydrogens is 208 g/mol. The van der Waals surface area contributed by atoms with Crippen LogP contribution >= 0.6 is 11.8 Å². The van der Waals surface area contributed by atoms with Crippen LogP contribution in [0.3, 0.4) is 0 Å². The molecule has 0 heterocycles. The predicted molar refractivity (Wildman–Crippen MR) is 68.1 cm³/mol. The molecule has 4 heteroatoms. The Kier molecular flexibility index (Phi) is 7.02. The van der Waals surface area contributed by atoms with Gasteiger partial charge in [-0.2, -0.15) is 11.8 Å². The number of nitrogens with one attached hydrogen (secondary N) is 1. The summed E-state index contributed by atoms with van der Waals surface area (Å²) in [4.78, 5) is 11.5. The van der Waals surface area contributed by atoms with E-state index in [-0.39, 0.29) is 11.4 Å². The third-order valence-corrected chi connectivity index (χ3v) is 3.05. The lowest BCUT2D eigenvalue weighted by Crippen LogP contribution is -2.49. The van der Waals surface area contributed by atoms with Crippen molar-refractivity contribution in [2.45, 2.75) is 39.7 Å². The summed E-state index contributed by atoms with van der Waals surface area (Å²) in [5, 5.41) is 2.91. The van der Waals surface area contributed by atoms with E-state index >= 15 is 0 Å². The van der Waals surface area contributed by atoms with Crippen LogP contribution in [0.2, 0.25) is 0 Å². The maximum atomic E-state index is 11.5. The molecule has 0 atom stereocenters. The molecular formula is C11H24N2OS. The number of carbonyl (C=O) groups is 1. The lowest BCUT2D eigenvalue weighted by Gasteiger charge is -2.24. The van der Waals surface area contributed by atoms with Gasteiger partial charge in [-0.15, -0.1) is 0 Å². The van der Waals surface area contributed by atoms with E-state index in [1.165, 1.54) is 0 Å². The average molecular weight is 232 g/mol. The van der Waals surface area contributed by atoms with Gasteiger partial charge in [0.25, 0.3) is 0 Å². The summed E-state index contributed by atoms with van der Waals surface area (Å²) in [7, 11) is 0. The Labute approximate surface area is 97.6 Å². The van der Waals surface area contributed by atoms with Gasteiger partial charge in [-0.1, -0.05) is 13.8 Å². The second kappa shape index (κ2) is 7.12. The second-order valence-corrected chi connectivity index (χ2v) is 5.98. The van der Waals surface area contributed by atoms with Crippen LogP contribution in [-0.4, -0.2) is 29.5 Å². The SMILES string of the molecule is CC(C)CCSCC(=O)NC(C)(C)CN. The fourth-order valence-corrected chi connectivity index (χ4v) is 1.99. The number of amides is 1. The number of hydrogen-bond acceptors (Lipinski definition) is 3. The molecule has 3 N–H and O–H groups in total. The summed E-state index contributed by atoms with van der Waals surface area (Å²) in [5.41, 5.74) is 5.25. The molecule has 0 bridgehead atoms. The van der Waals surface area contributed by atoms with Crippen LogP contribution in [-0.2, 0) is 4.79 Å². The van der Waals surface area contributed by atoms with E-state index in [0.29, 0.717) is 18.2 Å². The van der Waals surface area contributed by atoms with Crippen LogP contribution in [0.25, 0.3) is 0 Å².